The van der Waals surface area contributed by atoms with Crippen molar-refractivity contribution in [1.29, 1.82) is 0 Å². The molecule has 1 aromatic heterocycles. The van der Waals surface area contributed by atoms with E-state index >= 15 is 0 Å². The Morgan fingerprint density at radius 1 is 1.67 bits per heavy atom. The summed E-state index contributed by atoms with van der Waals surface area (Å²) in [4.78, 5) is 0. The van der Waals surface area contributed by atoms with Crippen molar-refractivity contribution in [2.45, 2.75) is 32.7 Å². The van der Waals surface area contributed by atoms with Crippen LogP contribution in [0, 0.1) is 12.8 Å². The number of nitrogens with zero attached hydrogens (tertiary/aromatic N) is 2. The Hall–Kier alpha value is -0.990. The smallest absolute Gasteiger partial charge is 0.0730 e. The van der Waals surface area contributed by atoms with Crippen LogP contribution >= 0.6 is 0 Å². The van der Waals surface area contributed by atoms with Gasteiger partial charge in [0.25, 0.3) is 0 Å². The number of aromatic nitrogens is 2. The molecule has 0 amide bonds. The van der Waals surface area contributed by atoms with E-state index in [0.717, 1.165) is 23.8 Å². The van der Waals surface area contributed by atoms with Crippen molar-refractivity contribution in [2.75, 3.05) is 5.73 Å². The van der Waals surface area contributed by atoms with Gasteiger partial charge in [-0.15, -0.1) is 0 Å². The zero-order chi connectivity index (χ0) is 8.55. The molecule has 0 atom stereocenters. The normalized spacial score (nSPS) is 16.8. The van der Waals surface area contributed by atoms with Gasteiger partial charge in [0.05, 0.1) is 17.6 Å². The van der Waals surface area contributed by atoms with Crippen LogP contribution in [-0.4, -0.2) is 9.78 Å². The SMILES string of the molecule is Cc1c(N)cnn1CCC1CC1. The fourth-order valence-corrected chi connectivity index (χ4v) is 1.40. The van der Waals surface area contributed by atoms with Gasteiger partial charge in [0, 0.05) is 6.54 Å². The van der Waals surface area contributed by atoms with Gasteiger partial charge in [-0.05, 0) is 19.3 Å². The Bertz CT molecular complexity index is 273. The molecular weight excluding hydrogens is 150 g/mol. The predicted molar refractivity (Wildman–Crippen MR) is 48.7 cm³/mol. The van der Waals surface area contributed by atoms with Crippen LogP contribution in [0.2, 0.25) is 0 Å². The molecule has 3 nitrogen and oxygen atoms in total. The number of hydrogen-bond acceptors (Lipinski definition) is 2. The van der Waals surface area contributed by atoms with Crippen LogP contribution in [-0.2, 0) is 6.54 Å². The molecule has 3 heteroatoms. The lowest BCUT2D eigenvalue weighted by molar-refractivity contribution is 0.536. The summed E-state index contributed by atoms with van der Waals surface area (Å²) in [6.07, 6.45) is 5.83. The van der Waals surface area contributed by atoms with Gasteiger partial charge in [0.15, 0.2) is 0 Å². The Morgan fingerprint density at radius 2 is 2.42 bits per heavy atom. The van der Waals surface area contributed by atoms with E-state index in [1.165, 1.54) is 19.3 Å². The van der Waals surface area contributed by atoms with Gasteiger partial charge in [-0.1, -0.05) is 12.8 Å². The van der Waals surface area contributed by atoms with Crippen molar-refractivity contribution in [3.8, 4) is 0 Å². The minimum absolute atomic E-state index is 0.811. The minimum atomic E-state index is 0.811. The molecule has 12 heavy (non-hydrogen) atoms. The fourth-order valence-electron chi connectivity index (χ4n) is 1.40. The first-order chi connectivity index (χ1) is 5.77. The van der Waals surface area contributed by atoms with Gasteiger partial charge < -0.3 is 5.73 Å². The molecule has 1 aliphatic rings. The molecule has 1 aromatic rings. The van der Waals surface area contributed by atoms with Gasteiger partial charge in [-0.3, -0.25) is 4.68 Å². The van der Waals surface area contributed by atoms with Gasteiger partial charge in [-0.2, -0.15) is 5.10 Å². The summed E-state index contributed by atoms with van der Waals surface area (Å²) in [5.74, 6) is 0.967. The van der Waals surface area contributed by atoms with E-state index in [1.807, 2.05) is 11.6 Å². The lowest BCUT2D eigenvalue weighted by Gasteiger charge is -2.02. The number of nitrogen functional groups attached to an aromatic ring is 1. The molecule has 0 unspecified atom stereocenters. The van der Waals surface area contributed by atoms with Crippen LogP contribution < -0.4 is 5.73 Å². The molecule has 1 aliphatic carbocycles. The monoisotopic (exact) mass is 165 g/mol. The van der Waals surface area contributed by atoms with E-state index in [4.69, 9.17) is 5.73 Å². The first kappa shape index (κ1) is 7.65. The molecule has 1 heterocycles. The van der Waals surface area contributed by atoms with E-state index in [-0.39, 0.29) is 0 Å². The summed E-state index contributed by atoms with van der Waals surface area (Å²) in [6.45, 7) is 3.06. The molecule has 0 aliphatic heterocycles. The molecule has 66 valence electrons. The van der Waals surface area contributed by atoms with E-state index in [0.29, 0.717) is 0 Å². The maximum atomic E-state index is 5.68. The van der Waals surface area contributed by atoms with Crippen LogP contribution in [0.15, 0.2) is 6.20 Å². The average Bonchev–Trinajstić information content (AvgIpc) is 2.82. The van der Waals surface area contributed by atoms with Crippen LogP contribution in [0.5, 0.6) is 0 Å². The molecule has 0 spiro atoms. The fraction of sp³-hybridized carbons (Fsp3) is 0.667. The summed E-state index contributed by atoms with van der Waals surface area (Å²) >= 11 is 0. The van der Waals surface area contributed by atoms with Gasteiger partial charge in [-0.25, -0.2) is 0 Å². The van der Waals surface area contributed by atoms with E-state index in [2.05, 4.69) is 5.10 Å². The third-order valence-electron chi connectivity index (χ3n) is 2.59. The highest BCUT2D eigenvalue weighted by atomic mass is 15.3. The van der Waals surface area contributed by atoms with Crippen molar-refractivity contribution in [2.24, 2.45) is 5.92 Å². The Kier molecular flexibility index (Phi) is 1.79. The number of anilines is 1. The topological polar surface area (TPSA) is 43.8 Å². The van der Waals surface area contributed by atoms with Crippen molar-refractivity contribution in [3.05, 3.63) is 11.9 Å². The van der Waals surface area contributed by atoms with Crippen LogP contribution in [0.3, 0.4) is 0 Å². The molecule has 0 saturated heterocycles. The largest absolute Gasteiger partial charge is 0.396 e. The second kappa shape index (κ2) is 2.81. The number of rotatable bonds is 3. The van der Waals surface area contributed by atoms with Gasteiger partial charge >= 0.3 is 0 Å². The zero-order valence-electron chi connectivity index (χ0n) is 7.45. The second-order valence-corrected chi connectivity index (χ2v) is 3.64. The molecular formula is C9H15N3. The Morgan fingerprint density at radius 3 is 2.92 bits per heavy atom. The Balaban J connectivity index is 1.96. The lowest BCUT2D eigenvalue weighted by atomic mass is 10.3. The number of hydrogen-bond donors (Lipinski definition) is 1. The first-order valence-corrected chi connectivity index (χ1v) is 4.55. The lowest BCUT2D eigenvalue weighted by Crippen LogP contribution is -2.03. The zero-order valence-corrected chi connectivity index (χ0v) is 7.45. The molecule has 0 radical (unpaired) electrons. The third kappa shape index (κ3) is 1.44. The van der Waals surface area contributed by atoms with Crippen molar-refractivity contribution >= 4 is 5.69 Å². The van der Waals surface area contributed by atoms with Crippen LogP contribution in [0.1, 0.15) is 25.0 Å². The highest BCUT2D eigenvalue weighted by Gasteiger charge is 2.21. The molecule has 2 N–H and O–H groups in total. The molecule has 2 rings (SSSR count). The quantitative estimate of drug-likeness (QED) is 0.738. The molecule has 1 fully saturated rings. The maximum absolute atomic E-state index is 5.68. The van der Waals surface area contributed by atoms with Crippen molar-refractivity contribution in [3.63, 3.8) is 0 Å². The first-order valence-electron chi connectivity index (χ1n) is 4.55. The van der Waals surface area contributed by atoms with Gasteiger partial charge in [0.2, 0.25) is 0 Å². The average molecular weight is 165 g/mol. The number of nitrogens with two attached hydrogens (primary N) is 1. The summed E-state index contributed by atoms with van der Waals surface area (Å²) in [5.41, 5.74) is 7.60. The van der Waals surface area contributed by atoms with E-state index < -0.39 is 0 Å². The summed E-state index contributed by atoms with van der Waals surface area (Å²) in [6, 6.07) is 0. The minimum Gasteiger partial charge on any atom is -0.396 e. The maximum Gasteiger partial charge on any atom is 0.0730 e. The van der Waals surface area contributed by atoms with Crippen molar-refractivity contribution < 1.29 is 0 Å². The highest BCUT2D eigenvalue weighted by molar-refractivity contribution is 5.39. The van der Waals surface area contributed by atoms with Gasteiger partial charge in [0.1, 0.15) is 0 Å². The van der Waals surface area contributed by atoms with Crippen LogP contribution in [0.25, 0.3) is 0 Å². The molecule has 1 saturated carbocycles. The summed E-state index contributed by atoms with van der Waals surface area (Å²) in [7, 11) is 0. The predicted octanol–water partition coefficient (Wildman–Crippen LogP) is 1.57. The standard InChI is InChI=1S/C9H15N3/c1-7-9(10)6-11-12(7)5-4-8-2-3-8/h6,8H,2-5,10H2,1H3. The van der Waals surface area contributed by atoms with E-state index in [9.17, 15) is 0 Å². The Labute approximate surface area is 72.6 Å². The highest BCUT2D eigenvalue weighted by Crippen LogP contribution is 2.32. The molecule has 0 aromatic carbocycles. The molecule has 0 bridgehead atoms. The number of aryl methyl sites for hydroxylation is 1. The third-order valence-corrected chi connectivity index (χ3v) is 2.59. The summed E-state index contributed by atoms with van der Waals surface area (Å²) in [5, 5.41) is 4.21. The summed E-state index contributed by atoms with van der Waals surface area (Å²) < 4.78 is 2.01. The van der Waals surface area contributed by atoms with Crippen molar-refractivity contribution in [1.82, 2.24) is 9.78 Å². The van der Waals surface area contributed by atoms with Crippen LogP contribution in [0.4, 0.5) is 5.69 Å². The van der Waals surface area contributed by atoms with E-state index in [1.54, 1.807) is 6.20 Å². The second-order valence-electron chi connectivity index (χ2n) is 3.64.